The van der Waals surface area contributed by atoms with Crippen LogP contribution >= 0.6 is 22.7 Å². The molecule has 32 heavy (non-hydrogen) atoms. The fourth-order valence-corrected chi connectivity index (χ4v) is 4.89. The Balaban J connectivity index is 0.00000193. The van der Waals surface area contributed by atoms with E-state index in [4.69, 9.17) is 10.1 Å². The van der Waals surface area contributed by atoms with Crippen LogP contribution in [0, 0.1) is 0 Å². The predicted octanol–water partition coefficient (Wildman–Crippen LogP) is 4.02. The van der Waals surface area contributed by atoms with Crippen molar-refractivity contribution in [3.05, 3.63) is 93.0 Å². The van der Waals surface area contributed by atoms with Crippen LogP contribution < -0.4 is 34.5 Å². The van der Waals surface area contributed by atoms with E-state index in [1.165, 1.54) is 10.4 Å². The Morgan fingerprint density at radius 1 is 1.03 bits per heavy atom. The zero-order chi connectivity index (χ0) is 21.8. The molecule has 4 rings (SSSR count). The minimum Gasteiger partial charge on any atom is -1.00 e. The van der Waals surface area contributed by atoms with Crippen molar-refractivity contribution in [2.75, 3.05) is 4.90 Å². The van der Waals surface area contributed by atoms with E-state index >= 15 is 0 Å². The average Bonchev–Trinajstić information content (AvgIpc) is 3.46. The van der Waals surface area contributed by atoms with Gasteiger partial charge in [0.2, 0.25) is 0 Å². The largest absolute Gasteiger partial charge is 1.00 e. The van der Waals surface area contributed by atoms with Crippen LogP contribution in [0.1, 0.15) is 47.6 Å². The van der Waals surface area contributed by atoms with Gasteiger partial charge in [0, 0.05) is 22.4 Å². The molecule has 0 atom stereocenters. The van der Waals surface area contributed by atoms with Gasteiger partial charge in [-0.2, -0.15) is 0 Å². The summed E-state index contributed by atoms with van der Waals surface area (Å²) >= 11 is 3.37. The first-order chi connectivity index (χ1) is 15.0. The topological polar surface area (TPSA) is 53.4 Å². The number of carbonyl (C=O) groups is 1. The number of benzene rings is 2. The first-order valence-corrected chi connectivity index (χ1v) is 11.9. The molecule has 0 aliphatic heterocycles. The maximum Gasteiger partial charge on any atom is 1.00 e. The molecule has 0 spiro atoms. The third kappa shape index (κ3) is 6.09. The van der Waals surface area contributed by atoms with Gasteiger partial charge in [0.05, 0.1) is 17.8 Å². The zero-order valence-electron chi connectivity index (χ0n) is 19.5. The van der Waals surface area contributed by atoms with Crippen LogP contribution in [-0.4, -0.2) is 16.1 Å². The number of carboxylic acid groups (broad SMARTS) is 1. The zero-order valence-corrected chi connectivity index (χ0v) is 22.1. The van der Waals surface area contributed by atoms with Crippen molar-refractivity contribution in [3.8, 4) is 11.3 Å². The van der Waals surface area contributed by atoms with E-state index in [0.29, 0.717) is 18.0 Å². The van der Waals surface area contributed by atoms with Gasteiger partial charge in [0.15, 0.2) is 5.13 Å². The monoisotopic (exact) mass is 472 g/mol. The minimum atomic E-state index is -0.907. The smallest absolute Gasteiger partial charge is 1.00 e. The molecule has 4 nitrogen and oxygen atoms in total. The van der Waals surface area contributed by atoms with Gasteiger partial charge in [-0.25, -0.2) is 9.78 Å². The molecule has 0 aliphatic carbocycles. The van der Waals surface area contributed by atoms with Gasteiger partial charge in [-0.1, -0.05) is 56.3 Å². The summed E-state index contributed by atoms with van der Waals surface area (Å²) in [5.41, 5.74) is 4.78. The van der Waals surface area contributed by atoms with Crippen LogP contribution in [-0.2, 0) is 13.1 Å². The Labute approximate surface area is 220 Å². The standard InChI is InChI=1S/C25H24N2O2S2.Na.H/c1-17(2)19-9-11-20(12-10-19)23-16-31-25(26-23)27(15-22-4-3-13-30-22)14-18-5-7-21(8-6-18)24(28)29;;/h3-13,16-17H,14-15H2,1-2H3,(H,28,29);;/q;+1;-1. The first-order valence-electron chi connectivity index (χ1n) is 10.1. The van der Waals surface area contributed by atoms with Crippen LogP contribution in [0.3, 0.4) is 0 Å². The second-order valence-corrected chi connectivity index (χ2v) is 9.60. The van der Waals surface area contributed by atoms with E-state index < -0.39 is 5.97 Å². The summed E-state index contributed by atoms with van der Waals surface area (Å²) in [6, 6.07) is 19.9. The van der Waals surface area contributed by atoms with Crippen LogP contribution in [0.5, 0.6) is 0 Å². The van der Waals surface area contributed by atoms with Crippen LogP contribution in [0.2, 0.25) is 0 Å². The Hall–Kier alpha value is -1.96. The summed E-state index contributed by atoms with van der Waals surface area (Å²) in [6.45, 7) is 5.82. The van der Waals surface area contributed by atoms with Crippen molar-refractivity contribution >= 4 is 33.8 Å². The summed E-state index contributed by atoms with van der Waals surface area (Å²) in [4.78, 5) is 19.6. The molecule has 2 aromatic heterocycles. The van der Waals surface area contributed by atoms with E-state index in [9.17, 15) is 4.79 Å². The molecule has 0 fully saturated rings. The van der Waals surface area contributed by atoms with E-state index in [1.807, 2.05) is 12.1 Å². The Bertz CT molecular complexity index is 1140. The molecule has 7 heteroatoms. The van der Waals surface area contributed by atoms with E-state index in [-0.39, 0.29) is 31.0 Å². The number of carboxylic acids is 1. The molecular formula is C25H25N2NaO2S2. The fourth-order valence-electron chi connectivity index (χ4n) is 3.34. The van der Waals surface area contributed by atoms with Crippen LogP contribution in [0.4, 0.5) is 5.13 Å². The van der Waals surface area contributed by atoms with Crippen molar-refractivity contribution in [2.24, 2.45) is 0 Å². The van der Waals surface area contributed by atoms with Crippen molar-refractivity contribution in [1.29, 1.82) is 0 Å². The van der Waals surface area contributed by atoms with Crippen molar-refractivity contribution in [2.45, 2.75) is 32.9 Å². The summed E-state index contributed by atoms with van der Waals surface area (Å²) in [5.74, 6) is -0.399. The number of anilines is 1. The third-order valence-electron chi connectivity index (χ3n) is 5.14. The summed E-state index contributed by atoms with van der Waals surface area (Å²) in [6.07, 6.45) is 0. The van der Waals surface area contributed by atoms with Gasteiger partial charge in [-0.3, -0.25) is 0 Å². The molecule has 2 aromatic carbocycles. The number of aromatic carboxylic acids is 1. The molecule has 160 valence electrons. The number of thiophene rings is 1. The molecule has 0 radical (unpaired) electrons. The van der Waals surface area contributed by atoms with E-state index in [1.54, 1.807) is 34.8 Å². The van der Waals surface area contributed by atoms with Crippen LogP contribution in [0.15, 0.2) is 71.4 Å². The third-order valence-corrected chi connectivity index (χ3v) is 6.90. The molecule has 0 bridgehead atoms. The van der Waals surface area contributed by atoms with Crippen molar-refractivity contribution in [1.82, 2.24) is 4.98 Å². The number of rotatable bonds is 8. The summed E-state index contributed by atoms with van der Waals surface area (Å²) < 4.78 is 0. The molecule has 1 N–H and O–H groups in total. The number of aromatic nitrogens is 1. The Morgan fingerprint density at radius 3 is 2.34 bits per heavy atom. The van der Waals surface area contributed by atoms with Gasteiger partial charge in [0.1, 0.15) is 0 Å². The van der Waals surface area contributed by atoms with Gasteiger partial charge in [0.25, 0.3) is 0 Å². The number of hydrogen-bond acceptors (Lipinski definition) is 5. The average molecular weight is 473 g/mol. The molecular weight excluding hydrogens is 447 g/mol. The summed E-state index contributed by atoms with van der Waals surface area (Å²) in [7, 11) is 0. The Kier molecular flexibility index (Phi) is 8.68. The fraction of sp³-hybridized carbons (Fsp3) is 0.200. The summed E-state index contributed by atoms with van der Waals surface area (Å²) in [5, 5.41) is 14.3. The number of thiazole rings is 1. The minimum absolute atomic E-state index is 0. The van der Waals surface area contributed by atoms with Gasteiger partial charge in [-0.05, 0) is 40.6 Å². The van der Waals surface area contributed by atoms with Gasteiger partial charge < -0.3 is 11.4 Å². The second-order valence-electron chi connectivity index (χ2n) is 7.73. The molecule has 0 saturated carbocycles. The Morgan fingerprint density at radius 2 is 1.75 bits per heavy atom. The number of hydrogen-bond donors (Lipinski definition) is 1. The second kappa shape index (κ2) is 11.3. The normalized spacial score (nSPS) is 10.7. The quantitative estimate of drug-likeness (QED) is 0.394. The number of nitrogens with zero attached hydrogens (tertiary/aromatic N) is 2. The molecule has 4 aromatic rings. The van der Waals surface area contributed by atoms with Crippen molar-refractivity contribution < 1.29 is 40.9 Å². The predicted molar refractivity (Wildman–Crippen MR) is 130 cm³/mol. The molecule has 0 aliphatic rings. The maximum absolute atomic E-state index is 11.1. The molecule has 0 amide bonds. The van der Waals surface area contributed by atoms with E-state index in [0.717, 1.165) is 28.5 Å². The first kappa shape index (κ1) is 24.7. The van der Waals surface area contributed by atoms with Crippen LogP contribution in [0.25, 0.3) is 11.3 Å². The molecule has 0 saturated heterocycles. The SMILES string of the molecule is CC(C)c1ccc(-c2csc(N(Cc3ccc(C(=O)O)cc3)Cc3cccs3)n2)cc1.[H-].[Na+]. The van der Waals surface area contributed by atoms with Crippen molar-refractivity contribution in [3.63, 3.8) is 0 Å². The molecule has 0 unspecified atom stereocenters. The molecule has 2 heterocycles. The van der Waals surface area contributed by atoms with Gasteiger partial charge in [-0.15, -0.1) is 22.7 Å². The van der Waals surface area contributed by atoms with E-state index in [2.05, 4.69) is 65.9 Å². The maximum atomic E-state index is 11.1. The van der Waals surface area contributed by atoms with Gasteiger partial charge >= 0.3 is 35.5 Å².